The molecule has 0 saturated carbocycles. The van der Waals surface area contributed by atoms with Crippen LogP contribution in [0.25, 0.3) is 0 Å². The summed E-state index contributed by atoms with van der Waals surface area (Å²) >= 11 is 0. The highest BCUT2D eigenvalue weighted by Crippen LogP contribution is 2.19. The molecule has 0 spiro atoms. The first-order chi connectivity index (χ1) is 9.19. The molecule has 0 aliphatic rings. The predicted molar refractivity (Wildman–Crippen MR) is 71.9 cm³/mol. The molecule has 0 unspecified atom stereocenters. The standard InChI is InChI=1S/C14H13N3O2/c15-9-10-1-5-12(6-2-10)16-17-13-7-3-11(4-8-13)14(18)19/h1-8H,9,15H2,(H,18,19). The number of nitrogens with two attached hydrogens (primary N) is 1. The Labute approximate surface area is 110 Å². The van der Waals surface area contributed by atoms with Crippen LogP contribution >= 0.6 is 0 Å². The molecule has 0 aliphatic carbocycles. The van der Waals surface area contributed by atoms with Gasteiger partial charge >= 0.3 is 5.97 Å². The van der Waals surface area contributed by atoms with Crippen molar-refractivity contribution in [2.24, 2.45) is 16.0 Å². The summed E-state index contributed by atoms with van der Waals surface area (Å²) in [6.45, 7) is 0.494. The molecule has 3 N–H and O–H groups in total. The second-order valence-electron chi connectivity index (χ2n) is 3.92. The molecule has 19 heavy (non-hydrogen) atoms. The number of azo groups is 1. The number of nitrogens with zero attached hydrogens (tertiary/aromatic N) is 2. The van der Waals surface area contributed by atoms with Crippen molar-refractivity contribution in [1.82, 2.24) is 0 Å². The highest BCUT2D eigenvalue weighted by molar-refractivity contribution is 5.87. The van der Waals surface area contributed by atoms with E-state index in [0.29, 0.717) is 12.2 Å². The number of hydrogen-bond acceptors (Lipinski definition) is 4. The minimum atomic E-state index is -0.958. The Morgan fingerprint density at radius 1 is 0.947 bits per heavy atom. The van der Waals surface area contributed by atoms with Crippen molar-refractivity contribution in [3.63, 3.8) is 0 Å². The van der Waals surface area contributed by atoms with E-state index in [0.717, 1.165) is 11.3 Å². The van der Waals surface area contributed by atoms with E-state index in [2.05, 4.69) is 10.2 Å². The smallest absolute Gasteiger partial charge is 0.335 e. The van der Waals surface area contributed by atoms with Crippen LogP contribution in [-0.4, -0.2) is 11.1 Å². The summed E-state index contributed by atoms with van der Waals surface area (Å²) in [5.74, 6) is -0.958. The zero-order valence-corrected chi connectivity index (χ0v) is 10.2. The summed E-state index contributed by atoms with van der Waals surface area (Å²) < 4.78 is 0. The van der Waals surface area contributed by atoms with Crippen LogP contribution in [0.1, 0.15) is 15.9 Å². The van der Waals surface area contributed by atoms with Gasteiger partial charge in [0.15, 0.2) is 0 Å². The van der Waals surface area contributed by atoms with Crippen LogP contribution in [0.15, 0.2) is 58.8 Å². The Kier molecular flexibility index (Phi) is 4.00. The first-order valence-corrected chi connectivity index (χ1v) is 5.73. The highest BCUT2D eigenvalue weighted by Gasteiger charge is 2.00. The number of carboxylic acids is 1. The van der Waals surface area contributed by atoms with Gasteiger partial charge in [-0.25, -0.2) is 4.79 Å². The average Bonchev–Trinajstić information content (AvgIpc) is 2.46. The van der Waals surface area contributed by atoms with Gasteiger partial charge in [-0.15, -0.1) is 0 Å². The average molecular weight is 255 g/mol. The van der Waals surface area contributed by atoms with Crippen LogP contribution in [0.2, 0.25) is 0 Å². The minimum absolute atomic E-state index is 0.228. The highest BCUT2D eigenvalue weighted by atomic mass is 16.4. The van der Waals surface area contributed by atoms with E-state index >= 15 is 0 Å². The molecule has 0 aromatic heterocycles. The van der Waals surface area contributed by atoms with Gasteiger partial charge in [0, 0.05) is 6.54 Å². The van der Waals surface area contributed by atoms with E-state index in [1.165, 1.54) is 12.1 Å². The van der Waals surface area contributed by atoms with Gasteiger partial charge in [-0.05, 0) is 42.0 Å². The maximum atomic E-state index is 10.7. The lowest BCUT2D eigenvalue weighted by Gasteiger charge is -1.97. The SMILES string of the molecule is NCc1ccc(N=Nc2ccc(C(=O)O)cc2)cc1. The summed E-state index contributed by atoms with van der Waals surface area (Å²) in [4.78, 5) is 10.7. The molecule has 0 bridgehead atoms. The van der Waals surface area contributed by atoms with Crippen molar-refractivity contribution in [1.29, 1.82) is 0 Å². The second-order valence-corrected chi connectivity index (χ2v) is 3.92. The Morgan fingerprint density at radius 3 is 1.84 bits per heavy atom. The molecule has 2 rings (SSSR count). The monoisotopic (exact) mass is 255 g/mol. The lowest BCUT2D eigenvalue weighted by Crippen LogP contribution is -1.94. The van der Waals surface area contributed by atoms with Crippen molar-refractivity contribution in [3.8, 4) is 0 Å². The Morgan fingerprint density at radius 2 is 1.42 bits per heavy atom. The first kappa shape index (κ1) is 12.9. The topological polar surface area (TPSA) is 88.0 Å². The van der Waals surface area contributed by atoms with Crippen LogP contribution < -0.4 is 5.73 Å². The Balaban J connectivity index is 2.10. The second kappa shape index (κ2) is 5.88. The van der Waals surface area contributed by atoms with Gasteiger partial charge in [-0.1, -0.05) is 12.1 Å². The molecule has 2 aromatic rings. The van der Waals surface area contributed by atoms with E-state index < -0.39 is 5.97 Å². The molecule has 5 heteroatoms. The van der Waals surface area contributed by atoms with Crippen LogP contribution in [-0.2, 0) is 6.54 Å². The lowest BCUT2D eigenvalue weighted by molar-refractivity contribution is 0.0697. The van der Waals surface area contributed by atoms with E-state index in [1.807, 2.05) is 24.3 Å². The fraction of sp³-hybridized carbons (Fsp3) is 0.0714. The number of carboxylic acid groups (broad SMARTS) is 1. The molecule has 0 amide bonds. The van der Waals surface area contributed by atoms with Crippen molar-refractivity contribution >= 4 is 17.3 Å². The molecule has 0 atom stereocenters. The van der Waals surface area contributed by atoms with Gasteiger partial charge in [0.05, 0.1) is 16.9 Å². The van der Waals surface area contributed by atoms with Crippen molar-refractivity contribution in [2.45, 2.75) is 6.54 Å². The number of hydrogen-bond donors (Lipinski definition) is 2. The maximum Gasteiger partial charge on any atom is 0.335 e. The summed E-state index contributed by atoms with van der Waals surface area (Å²) in [7, 11) is 0. The third-order valence-corrected chi connectivity index (χ3v) is 2.57. The lowest BCUT2D eigenvalue weighted by atomic mass is 10.2. The molecular formula is C14H13N3O2. The van der Waals surface area contributed by atoms with Gasteiger partial charge in [0.2, 0.25) is 0 Å². The van der Waals surface area contributed by atoms with Crippen molar-refractivity contribution in [2.75, 3.05) is 0 Å². The molecular weight excluding hydrogens is 242 g/mol. The quantitative estimate of drug-likeness (QED) is 0.822. The molecule has 2 aromatic carbocycles. The fourth-order valence-electron chi connectivity index (χ4n) is 1.48. The third-order valence-electron chi connectivity index (χ3n) is 2.57. The largest absolute Gasteiger partial charge is 0.478 e. The first-order valence-electron chi connectivity index (χ1n) is 5.73. The molecule has 5 nitrogen and oxygen atoms in total. The van der Waals surface area contributed by atoms with Crippen molar-refractivity contribution < 1.29 is 9.90 Å². The summed E-state index contributed by atoms with van der Waals surface area (Å²) in [5.41, 5.74) is 8.09. The van der Waals surface area contributed by atoms with Crippen molar-refractivity contribution in [3.05, 3.63) is 59.7 Å². The Hall–Kier alpha value is -2.53. The van der Waals surface area contributed by atoms with Gasteiger partial charge in [0.1, 0.15) is 0 Å². The fourth-order valence-corrected chi connectivity index (χ4v) is 1.48. The molecule has 96 valence electrons. The zero-order chi connectivity index (χ0) is 13.7. The van der Waals surface area contributed by atoms with Crippen LogP contribution in [0.5, 0.6) is 0 Å². The van der Waals surface area contributed by atoms with E-state index in [9.17, 15) is 4.79 Å². The van der Waals surface area contributed by atoms with Gasteiger partial charge in [-0.3, -0.25) is 0 Å². The minimum Gasteiger partial charge on any atom is -0.478 e. The molecule has 0 fully saturated rings. The summed E-state index contributed by atoms with van der Waals surface area (Å²) in [5, 5.41) is 16.9. The van der Waals surface area contributed by atoms with E-state index in [1.54, 1.807) is 12.1 Å². The van der Waals surface area contributed by atoms with Crippen LogP contribution in [0.3, 0.4) is 0 Å². The molecule has 0 radical (unpaired) electrons. The van der Waals surface area contributed by atoms with Gasteiger partial charge in [-0.2, -0.15) is 10.2 Å². The normalized spacial score (nSPS) is 10.8. The van der Waals surface area contributed by atoms with E-state index in [4.69, 9.17) is 10.8 Å². The van der Waals surface area contributed by atoms with Gasteiger partial charge < -0.3 is 10.8 Å². The van der Waals surface area contributed by atoms with Crippen LogP contribution in [0, 0.1) is 0 Å². The molecule has 0 aliphatic heterocycles. The summed E-state index contributed by atoms with van der Waals surface area (Å²) in [6, 6.07) is 13.7. The number of aromatic carboxylic acids is 1. The third kappa shape index (κ3) is 3.46. The zero-order valence-electron chi connectivity index (χ0n) is 10.2. The van der Waals surface area contributed by atoms with E-state index in [-0.39, 0.29) is 5.56 Å². The predicted octanol–water partition coefficient (Wildman–Crippen LogP) is 3.26. The molecule has 0 heterocycles. The van der Waals surface area contributed by atoms with Crippen LogP contribution in [0.4, 0.5) is 11.4 Å². The number of benzene rings is 2. The Bertz CT molecular complexity index is 589. The van der Waals surface area contributed by atoms with Gasteiger partial charge in [0.25, 0.3) is 0 Å². The summed E-state index contributed by atoms with van der Waals surface area (Å²) in [6.07, 6.45) is 0. The molecule has 0 saturated heterocycles. The number of carbonyl (C=O) groups is 1. The number of rotatable bonds is 4. The maximum absolute atomic E-state index is 10.7.